The summed E-state index contributed by atoms with van der Waals surface area (Å²) in [6.45, 7) is 70.1. The summed E-state index contributed by atoms with van der Waals surface area (Å²) >= 11 is 6.37. The van der Waals surface area contributed by atoms with Crippen molar-refractivity contribution in [1.82, 2.24) is 10.6 Å². The number of hydrogen-bond donors (Lipinski definition) is 2. The van der Waals surface area contributed by atoms with E-state index in [-0.39, 0.29) is 95.0 Å². The minimum atomic E-state index is -0.346. The van der Waals surface area contributed by atoms with E-state index in [9.17, 15) is 33.6 Å². The zero-order chi connectivity index (χ0) is 91.0. The van der Waals surface area contributed by atoms with Crippen LogP contribution in [-0.4, -0.2) is 96.2 Å². The Bertz CT molecular complexity index is 3030. The van der Waals surface area contributed by atoms with Crippen molar-refractivity contribution in [2.45, 2.75) is 362 Å². The number of nitrogens with one attached hydrogen (secondary N) is 2. The third-order valence-electron chi connectivity index (χ3n) is 23.0. The van der Waals surface area contributed by atoms with Gasteiger partial charge >= 0.3 is 29.8 Å². The SMILES string of the molecule is CC(C)C(=O)OC(C)(C)C.CC(C)C(=O)OCc1ccccc1.CC(C)C(=O)O[C@@H]1C[C@H](C)CC[C@H]1C(C)C.CC(C)CCC[C@@H](C)C1CCC2[C@@H]3CC=C4C[C@@H](OC(=O)C(C)C)CC[C@]4(C)[C@H]3CC[C@]12C.CCNC(=O)C(C)C.CCNC(=S)C(C)C.CCOC(=O)C(C)C.CCSC(=O)C(C)C.COc1ccc(CCCC(C)C)cc1. The molecule has 0 aromatic heterocycles. The van der Waals surface area contributed by atoms with Gasteiger partial charge in [-0.25, -0.2) is 0 Å². The van der Waals surface area contributed by atoms with E-state index in [2.05, 4.69) is 124 Å². The quantitative estimate of drug-likeness (QED) is 0.0370. The number of thioether (sulfide) groups is 1. The second kappa shape index (κ2) is 61.1. The van der Waals surface area contributed by atoms with E-state index in [1.807, 2.05) is 174 Å². The number of benzene rings is 2. The Morgan fingerprint density at radius 1 is 0.551 bits per heavy atom. The van der Waals surface area contributed by atoms with Gasteiger partial charge in [0.25, 0.3) is 0 Å². The van der Waals surface area contributed by atoms with Crippen LogP contribution < -0.4 is 15.4 Å². The summed E-state index contributed by atoms with van der Waals surface area (Å²) < 4.78 is 31.4. The summed E-state index contributed by atoms with van der Waals surface area (Å²) in [5.74, 6) is 10.2. The summed E-state index contributed by atoms with van der Waals surface area (Å²) in [4.78, 5) is 78.7. The molecule has 2 unspecified atom stereocenters. The smallest absolute Gasteiger partial charge is 0.308 e. The number of amides is 1. The molecular weight excluding hydrogens is 1510 g/mol. The zero-order valence-electron chi connectivity index (χ0n) is 81.5. The van der Waals surface area contributed by atoms with E-state index in [1.165, 1.54) is 107 Å². The molecule has 4 fully saturated rings. The minimum Gasteiger partial charge on any atom is -0.497 e. The highest BCUT2D eigenvalue weighted by atomic mass is 32.2. The Hall–Kier alpha value is -5.29. The summed E-state index contributed by atoms with van der Waals surface area (Å²) in [5, 5.41) is 6.08. The lowest BCUT2D eigenvalue weighted by atomic mass is 9.47. The monoisotopic (exact) mass is 1690 g/mol. The summed E-state index contributed by atoms with van der Waals surface area (Å²) in [6.07, 6.45) is 24.7. The zero-order valence-corrected chi connectivity index (χ0v) is 83.1. The predicted molar refractivity (Wildman–Crippen MR) is 500 cm³/mol. The van der Waals surface area contributed by atoms with Crippen LogP contribution in [0.25, 0.3) is 0 Å². The molecule has 0 aliphatic heterocycles. The Balaban J connectivity index is 0. The normalized spacial score (nSPS) is 21.7. The van der Waals surface area contributed by atoms with Crippen molar-refractivity contribution in [3.8, 4) is 5.75 Å². The first-order chi connectivity index (χ1) is 54.9. The fraction of sp³-hybridized carbons (Fsp3) is 0.782. The molecule has 0 saturated heterocycles. The van der Waals surface area contributed by atoms with Crippen LogP contribution in [-0.2, 0) is 70.3 Å². The van der Waals surface area contributed by atoms with E-state index < -0.39 is 0 Å². The summed E-state index contributed by atoms with van der Waals surface area (Å²) in [7, 11) is 1.70. The third kappa shape index (κ3) is 47.4. The van der Waals surface area contributed by atoms with Crippen LogP contribution in [0.15, 0.2) is 66.2 Å². The number of allylic oxidation sites excluding steroid dienone is 1. The number of carbonyl (C=O) groups is 7. The van der Waals surface area contributed by atoms with Crippen LogP contribution in [0.5, 0.6) is 5.75 Å². The molecule has 17 heteroatoms. The first-order valence-electron chi connectivity index (χ1n) is 46.0. The number of carbonyl (C=O) groups excluding carboxylic acids is 7. The van der Waals surface area contributed by atoms with Crippen LogP contribution in [0, 0.1) is 117 Å². The van der Waals surface area contributed by atoms with E-state index in [4.69, 9.17) is 35.9 Å². The van der Waals surface area contributed by atoms with Gasteiger partial charge < -0.3 is 39.1 Å². The second-order valence-corrected chi connectivity index (χ2v) is 40.4. The molecule has 4 saturated carbocycles. The standard InChI is InChI=1S/C31H52O2.C14H26O2.C13H20O.C11H14O2.C8H16O2.C6H13NO.C6H13NS.C6H12O2.C6H12OS/c1-20(2)9-8-10-22(5)26-13-14-27-25-12-11-23-19-24(33-29(32)21(3)4)15-17-30(23,6)28(25)16-18-31(26,27)7;1-9(2)12-7-6-11(5)8-13(12)16-14(15)10(3)4;1-11(2)5-4-6-12-7-9-13(14-3)10-8-12;1-9(2)11(12)13-8-10-6-4-3-5-7-10;1-6(2)7(9)10-8(3,4)5;2*1-4-7-6(8)5(2)3;2*1-4-8-6(7)5(2)3/h11,20-22,24-28H,8-10,12-19H2,1-7H3;9-13H,6-8H2,1-5H3;7-11H,4-6H2,1-3H3;3-7,9H,8H2,1-2H3;6H,1-5H3;2*5H,4H2,1-3H3,(H,7,8);2*5H,4H2,1-3H3/t22-,24+,25+,26?,27?,28+,30+,31-;11-,12+,13-;;;;;;;/m11......./s1. The molecule has 7 rings (SSSR count). The van der Waals surface area contributed by atoms with E-state index in [0.717, 1.165) is 95.8 Å². The molecule has 5 aliphatic rings. The van der Waals surface area contributed by atoms with Gasteiger partial charge in [0.1, 0.15) is 30.2 Å². The highest BCUT2D eigenvalue weighted by Crippen LogP contribution is 2.67. The first kappa shape index (κ1) is 115. The van der Waals surface area contributed by atoms with Crippen molar-refractivity contribution in [2.75, 3.05) is 32.6 Å². The number of rotatable bonds is 27. The Morgan fingerprint density at radius 2 is 1.08 bits per heavy atom. The average molecular weight is 1690 g/mol. The molecule has 2 N–H and O–H groups in total. The van der Waals surface area contributed by atoms with Crippen molar-refractivity contribution in [3.63, 3.8) is 0 Å². The van der Waals surface area contributed by atoms with Crippen molar-refractivity contribution in [1.29, 1.82) is 0 Å². The average Bonchev–Trinajstić information content (AvgIpc) is 1.43. The van der Waals surface area contributed by atoms with Crippen molar-refractivity contribution in [3.05, 3.63) is 77.4 Å². The highest BCUT2D eigenvalue weighted by molar-refractivity contribution is 8.13. The molecule has 682 valence electrons. The van der Waals surface area contributed by atoms with Crippen LogP contribution in [0.2, 0.25) is 0 Å². The van der Waals surface area contributed by atoms with Crippen molar-refractivity contribution in [2.24, 2.45) is 117 Å². The van der Waals surface area contributed by atoms with Gasteiger partial charge in [-0.15, -0.1) is 0 Å². The maximum atomic E-state index is 12.2. The van der Waals surface area contributed by atoms with Crippen LogP contribution in [0.4, 0.5) is 0 Å². The van der Waals surface area contributed by atoms with Gasteiger partial charge in [0.05, 0.1) is 48.3 Å². The van der Waals surface area contributed by atoms with Gasteiger partial charge in [-0.2, -0.15) is 0 Å². The lowest BCUT2D eigenvalue weighted by molar-refractivity contribution is -0.160. The Morgan fingerprint density at radius 3 is 1.51 bits per heavy atom. The lowest BCUT2D eigenvalue weighted by Crippen LogP contribution is -2.51. The highest BCUT2D eigenvalue weighted by Gasteiger charge is 2.59. The van der Waals surface area contributed by atoms with Gasteiger partial charge in [0.2, 0.25) is 5.91 Å². The Labute approximate surface area is 733 Å². The number of hydrogen-bond acceptors (Lipinski definition) is 15. The van der Waals surface area contributed by atoms with Crippen LogP contribution in [0.1, 0.15) is 342 Å². The van der Waals surface area contributed by atoms with E-state index in [0.29, 0.717) is 52.8 Å². The van der Waals surface area contributed by atoms with Crippen molar-refractivity contribution >= 4 is 69.8 Å². The fourth-order valence-electron chi connectivity index (χ4n) is 15.8. The molecule has 0 bridgehead atoms. The summed E-state index contributed by atoms with van der Waals surface area (Å²) in [5.41, 5.74) is 4.61. The second-order valence-electron chi connectivity index (χ2n) is 38.7. The molecule has 15 nitrogen and oxygen atoms in total. The lowest BCUT2D eigenvalue weighted by Gasteiger charge is -2.58. The largest absolute Gasteiger partial charge is 0.497 e. The molecule has 0 heterocycles. The molecule has 11 atom stereocenters. The number of fused-ring (bicyclic) bond motifs is 5. The molecule has 0 spiro atoms. The van der Waals surface area contributed by atoms with Crippen LogP contribution >= 0.6 is 24.0 Å². The maximum absolute atomic E-state index is 12.2. The van der Waals surface area contributed by atoms with E-state index in [1.54, 1.807) is 19.6 Å². The number of methoxy groups -OCH3 is 1. The van der Waals surface area contributed by atoms with E-state index >= 15 is 0 Å². The number of aryl methyl sites for hydroxylation is 1. The van der Waals surface area contributed by atoms with Gasteiger partial charge in [0, 0.05) is 37.3 Å². The maximum Gasteiger partial charge on any atom is 0.308 e. The third-order valence-corrected chi connectivity index (χ3v) is 24.6. The predicted octanol–water partition coefficient (Wildman–Crippen LogP) is 25.8. The molecule has 118 heavy (non-hydrogen) atoms. The number of ether oxygens (including phenoxy) is 6. The molecule has 0 radical (unpaired) electrons. The van der Waals surface area contributed by atoms with Gasteiger partial charge in [-0.1, -0.05) is 297 Å². The minimum absolute atomic E-state index is 0.00921. The number of thiocarbonyl (C=S) groups is 1. The molecule has 1 amide bonds. The van der Waals surface area contributed by atoms with Gasteiger partial charge in [-0.05, 0) is 211 Å². The fourth-order valence-corrected chi connectivity index (χ4v) is 16.5. The van der Waals surface area contributed by atoms with Crippen molar-refractivity contribution < 1.29 is 62.0 Å². The first-order valence-corrected chi connectivity index (χ1v) is 47.4. The van der Waals surface area contributed by atoms with Gasteiger partial charge in [-0.3, -0.25) is 33.6 Å². The molecule has 2 aromatic rings. The molecule has 5 aliphatic carbocycles. The van der Waals surface area contributed by atoms with Crippen LogP contribution in [0.3, 0.4) is 0 Å². The van der Waals surface area contributed by atoms with Gasteiger partial charge in [0.15, 0.2) is 5.12 Å². The molecular formula is C101H178N2O13S2. The number of esters is 5. The Kier molecular flexibility index (Phi) is 59.4. The molecule has 2 aromatic carbocycles. The summed E-state index contributed by atoms with van der Waals surface area (Å²) in [6, 6.07) is 18.0. The topological polar surface area (TPSA) is 199 Å².